The Morgan fingerprint density at radius 2 is 1.94 bits per heavy atom. The highest BCUT2D eigenvalue weighted by atomic mass is 16.6. The van der Waals surface area contributed by atoms with E-state index < -0.39 is 0 Å². The van der Waals surface area contributed by atoms with Gasteiger partial charge in [-0.05, 0) is 44.9 Å². The fraction of sp³-hybridized carbons (Fsp3) is 0.786. The van der Waals surface area contributed by atoms with Gasteiger partial charge in [-0.15, -0.1) is 0 Å². The molecule has 0 amide bonds. The van der Waals surface area contributed by atoms with Crippen LogP contribution in [-0.4, -0.2) is 11.6 Å². The first-order chi connectivity index (χ1) is 7.58. The third-order valence-corrected chi connectivity index (χ3v) is 3.16. The highest BCUT2D eigenvalue weighted by molar-refractivity contribution is 5.82. The van der Waals surface area contributed by atoms with E-state index in [0.717, 1.165) is 19.3 Å². The Labute approximate surface area is 99.1 Å². The summed E-state index contributed by atoms with van der Waals surface area (Å²) >= 11 is 0. The van der Waals surface area contributed by atoms with Crippen molar-refractivity contribution in [2.24, 2.45) is 5.92 Å². The van der Waals surface area contributed by atoms with Gasteiger partial charge in [0, 0.05) is 6.08 Å². The third kappa shape index (κ3) is 3.99. The lowest BCUT2D eigenvalue weighted by atomic mass is 9.79. The topological polar surface area (TPSA) is 26.3 Å². The Balaban J connectivity index is 2.65. The highest BCUT2D eigenvalue weighted by Crippen LogP contribution is 2.36. The summed E-state index contributed by atoms with van der Waals surface area (Å²) in [5.41, 5.74) is -0.178. The molecule has 1 aliphatic rings. The molecule has 0 aromatic carbocycles. The van der Waals surface area contributed by atoms with Crippen molar-refractivity contribution in [2.75, 3.05) is 0 Å². The van der Waals surface area contributed by atoms with Crippen molar-refractivity contribution in [3.8, 4) is 0 Å². The van der Waals surface area contributed by atoms with Crippen LogP contribution in [-0.2, 0) is 9.53 Å². The van der Waals surface area contributed by atoms with Gasteiger partial charge in [-0.25, -0.2) is 4.79 Å². The molecule has 16 heavy (non-hydrogen) atoms. The van der Waals surface area contributed by atoms with Crippen molar-refractivity contribution in [1.29, 1.82) is 0 Å². The first kappa shape index (κ1) is 13.3. The monoisotopic (exact) mass is 224 g/mol. The summed E-state index contributed by atoms with van der Waals surface area (Å²) in [6.07, 6.45) is 10.00. The second-order valence-electron chi connectivity index (χ2n) is 5.26. The van der Waals surface area contributed by atoms with Crippen molar-refractivity contribution in [3.63, 3.8) is 0 Å². The third-order valence-electron chi connectivity index (χ3n) is 3.16. The SMILES string of the molecule is CC=CC(=O)OC1(CC(C)C)CCCCC1. The molecule has 0 saturated heterocycles. The van der Waals surface area contributed by atoms with Crippen LogP contribution in [0.1, 0.15) is 59.3 Å². The summed E-state index contributed by atoms with van der Waals surface area (Å²) in [4.78, 5) is 11.6. The molecule has 0 spiro atoms. The van der Waals surface area contributed by atoms with E-state index in [1.807, 2.05) is 6.92 Å². The second-order valence-corrected chi connectivity index (χ2v) is 5.26. The Morgan fingerprint density at radius 3 is 2.44 bits per heavy atom. The average molecular weight is 224 g/mol. The largest absolute Gasteiger partial charge is 0.456 e. The minimum absolute atomic E-state index is 0.176. The van der Waals surface area contributed by atoms with Gasteiger partial charge in [0.05, 0.1) is 0 Å². The molecule has 1 rings (SSSR count). The number of carbonyl (C=O) groups is 1. The van der Waals surface area contributed by atoms with Gasteiger partial charge in [-0.2, -0.15) is 0 Å². The number of hydrogen-bond donors (Lipinski definition) is 0. The van der Waals surface area contributed by atoms with E-state index in [9.17, 15) is 4.79 Å². The molecule has 0 radical (unpaired) electrons. The molecule has 2 heteroatoms. The molecule has 0 aromatic heterocycles. The molecule has 0 bridgehead atoms. The van der Waals surface area contributed by atoms with Crippen LogP contribution in [0.5, 0.6) is 0 Å². The molecule has 0 N–H and O–H groups in total. The zero-order chi connectivity index (χ0) is 12.0. The van der Waals surface area contributed by atoms with E-state index in [4.69, 9.17) is 4.74 Å². The smallest absolute Gasteiger partial charge is 0.330 e. The first-order valence-electron chi connectivity index (χ1n) is 6.44. The van der Waals surface area contributed by atoms with Crippen LogP contribution in [0.25, 0.3) is 0 Å². The lowest BCUT2D eigenvalue weighted by molar-refractivity contribution is -0.159. The lowest BCUT2D eigenvalue weighted by Crippen LogP contribution is -2.38. The minimum atomic E-state index is -0.178. The first-order valence-corrected chi connectivity index (χ1v) is 6.44. The summed E-state index contributed by atoms with van der Waals surface area (Å²) in [7, 11) is 0. The molecule has 0 unspecified atom stereocenters. The van der Waals surface area contributed by atoms with E-state index in [1.165, 1.54) is 25.3 Å². The molecule has 2 nitrogen and oxygen atoms in total. The van der Waals surface area contributed by atoms with Gasteiger partial charge in [0.1, 0.15) is 5.60 Å². The number of esters is 1. The summed E-state index contributed by atoms with van der Waals surface area (Å²) < 4.78 is 5.70. The highest BCUT2D eigenvalue weighted by Gasteiger charge is 2.35. The summed E-state index contributed by atoms with van der Waals surface area (Å²) in [5.74, 6) is 0.404. The Morgan fingerprint density at radius 1 is 1.31 bits per heavy atom. The Bertz CT molecular complexity index is 247. The Kier molecular flexibility index (Phi) is 5.04. The van der Waals surface area contributed by atoms with Crippen LogP contribution in [0.15, 0.2) is 12.2 Å². The van der Waals surface area contributed by atoms with Crippen molar-refractivity contribution in [2.45, 2.75) is 64.9 Å². The van der Waals surface area contributed by atoms with Crippen molar-refractivity contribution < 1.29 is 9.53 Å². The zero-order valence-electron chi connectivity index (χ0n) is 10.8. The van der Waals surface area contributed by atoms with Gasteiger partial charge in [0.2, 0.25) is 0 Å². The van der Waals surface area contributed by atoms with Crippen molar-refractivity contribution in [3.05, 3.63) is 12.2 Å². The quantitative estimate of drug-likeness (QED) is 0.535. The summed E-state index contributed by atoms with van der Waals surface area (Å²) in [5, 5.41) is 0. The van der Waals surface area contributed by atoms with Crippen LogP contribution in [0.3, 0.4) is 0 Å². The number of hydrogen-bond acceptors (Lipinski definition) is 2. The van der Waals surface area contributed by atoms with Crippen LogP contribution in [0, 0.1) is 5.92 Å². The van der Waals surface area contributed by atoms with Gasteiger partial charge in [0.25, 0.3) is 0 Å². The molecule has 0 aromatic rings. The minimum Gasteiger partial charge on any atom is -0.456 e. The van der Waals surface area contributed by atoms with Crippen LogP contribution in [0.2, 0.25) is 0 Å². The van der Waals surface area contributed by atoms with Gasteiger partial charge >= 0.3 is 5.97 Å². The number of carbonyl (C=O) groups excluding carboxylic acids is 1. The van der Waals surface area contributed by atoms with E-state index in [-0.39, 0.29) is 11.6 Å². The van der Waals surface area contributed by atoms with Gasteiger partial charge in [0.15, 0.2) is 0 Å². The van der Waals surface area contributed by atoms with Gasteiger partial charge in [-0.3, -0.25) is 0 Å². The molecular formula is C14H24O2. The second kappa shape index (κ2) is 6.07. The van der Waals surface area contributed by atoms with Crippen molar-refractivity contribution >= 4 is 5.97 Å². The maximum absolute atomic E-state index is 11.6. The predicted molar refractivity (Wildman–Crippen MR) is 66.2 cm³/mol. The fourth-order valence-corrected chi connectivity index (χ4v) is 2.67. The molecule has 1 fully saturated rings. The average Bonchev–Trinajstić information content (AvgIpc) is 2.17. The maximum atomic E-state index is 11.6. The summed E-state index contributed by atoms with van der Waals surface area (Å²) in [6, 6.07) is 0. The number of ether oxygens (including phenoxy) is 1. The van der Waals surface area contributed by atoms with E-state index in [0.29, 0.717) is 5.92 Å². The fourth-order valence-electron chi connectivity index (χ4n) is 2.67. The van der Waals surface area contributed by atoms with Crippen LogP contribution < -0.4 is 0 Å². The normalized spacial score (nSPS) is 20.2. The van der Waals surface area contributed by atoms with Crippen LogP contribution >= 0.6 is 0 Å². The van der Waals surface area contributed by atoms with Gasteiger partial charge < -0.3 is 4.74 Å². The molecular weight excluding hydrogens is 200 g/mol. The lowest BCUT2D eigenvalue weighted by Gasteiger charge is -2.37. The molecule has 92 valence electrons. The zero-order valence-corrected chi connectivity index (χ0v) is 10.8. The maximum Gasteiger partial charge on any atom is 0.330 e. The molecule has 1 aliphatic carbocycles. The Hall–Kier alpha value is -0.790. The number of allylic oxidation sites excluding steroid dienone is 1. The standard InChI is InChI=1S/C14H24O2/c1-4-8-13(15)16-14(11-12(2)3)9-6-5-7-10-14/h4,8,12H,5-7,9-11H2,1-3H3. The summed E-state index contributed by atoms with van der Waals surface area (Å²) in [6.45, 7) is 6.23. The molecule has 0 aliphatic heterocycles. The molecule has 1 saturated carbocycles. The van der Waals surface area contributed by atoms with Gasteiger partial charge in [-0.1, -0.05) is 26.3 Å². The van der Waals surface area contributed by atoms with E-state index >= 15 is 0 Å². The molecule has 0 heterocycles. The molecule has 0 atom stereocenters. The number of rotatable bonds is 4. The van der Waals surface area contributed by atoms with E-state index in [1.54, 1.807) is 6.08 Å². The van der Waals surface area contributed by atoms with E-state index in [2.05, 4.69) is 13.8 Å². The van der Waals surface area contributed by atoms with Crippen molar-refractivity contribution in [1.82, 2.24) is 0 Å². The van der Waals surface area contributed by atoms with Crippen LogP contribution in [0.4, 0.5) is 0 Å². The predicted octanol–water partition coefficient (Wildman–Crippen LogP) is 3.85.